The van der Waals surface area contributed by atoms with Crippen LogP contribution in [0.25, 0.3) is 0 Å². The lowest BCUT2D eigenvalue weighted by Gasteiger charge is -2.04. The fraction of sp³-hybridized carbons (Fsp3) is 0.300. The maximum Gasteiger partial charge on any atom is 0.231 e. The molecule has 0 bridgehead atoms. The van der Waals surface area contributed by atoms with Gasteiger partial charge in [0.25, 0.3) is 0 Å². The normalized spacial score (nSPS) is 18.4. The van der Waals surface area contributed by atoms with Gasteiger partial charge >= 0.3 is 0 Å². The molecule has 0 fully saturated rings. The van der Waals surface area contributed by atoms with Crippen molar-refractivity contribution in [1.82, 2.24) is 0 Å². The van der Waals surface area contributed by atoms with E-state index in [0.717, 1.165) is 17.7 Å². The number of amides is 1. The smallest absolute Gasteiger partial charge is 0.231 e. The summed E-state index contributed by atoms with van der Waals surface area (Å²) in [5.41, 5.74) is 8.31. The van der Waals surface area contributed by atoms with Crippen molar-refractivity contribution in [2.75, 3.05) is 11.1 Å². The molecular formula is C10H13ClN2O. The van der Waals surface area contributed by atoms with Crippen molar-refractivity contribution < 1.29 is 4.79 Å². The SMILES string of the molecule is CCC1C(=O)Nc2ccc(N)cc21.Cl. The van der Waals surface area contributed by atoms with Crippen LogP contribution in [0.2, 0.25) is 0 Å². The number of hydrogen-bond donors (Lipinski definition) is 2. The summed E-state index contributed by atoms with van der Waals surface area (Å²) >= 11 is 0. The van der Waals surface area contributed by atoms with Gasteiger partial charge in [0.1, 0.15) is 0 Å². The molecule has 0 aromatic heterocycles. The fourth-order valence-electron chi connectivity index (χ4n) is 1.75. The zero-order chi connectivity index (χ0) is 9.42. The lowest BCUT2D eigenvalue weighted by atomic mass is 9.98. The molecule has 1 atom stereocenters. The highest BCUT2D eigenvalue weighted by Gasteiger charge is 2.28. The Kier molecular flexibility index (Phi) is 3.01. The molecule has 3 N–H and O–H groups in total. The van der Waals surface area contributed by atoms with Crippen molar-refractivity contribution in [3.63, 3.8) is 0 Å². The molecule has 1 amide bonds. The van der Waals surface area contributed by atoms with Crippen molar-refractivity contribution in [3.05, 3.63) is 23.8 Å². The first-order valence-corrected chi connectivity index (χ1v) is 4.42. The second-order valence-corrected chi connectivity index (χ2v) is 3.30. The lowest BCUT2D eigenvalue weighted by Crippen LogP contribution is -2.10. The molecule has 0 aliphatic carbocycles. The average Bonchev–Trinajstić information content (AvgIpc) is 2.40. The summed E-state index contributed by atoms with van der Waals surface area (Å²) in [6.45, 7) is 2.00. The average molecular weight is 213 g/mol. The van der Waals surface area contributed by atoms with E-state index in [1.54, 1.807) is 6.07 Å². The number of nitrogens with one attached hydrogen (secondary N) is 1. The molecule has 1 aromatic rings. The van der Waals surface area contributed by atoms with Crippen LogP contribution in [-0.2, 0) is 4.79 Å². The molecule has 0 saturated heterocycles. The number of carbonyl (C=O) groups is 1. The van der Waals surface area contributed by atoms with Gasteiger partial charge in [-0.15, -0.1) is 12.4 Å². The van der Waals surface area contributed by atoms with E-state index in [-0.39, 0.29) is 24.2 Å². The first kappa shape index (κ1) is 10.9. The largest absolute Gasteiger partial charge is 0.399 e. The monoisotopic (exact) mass is 212 g/mol. The number of rotatable bonds is 1. The number of hydrogen-bond acceptors (Lipinski definition) is 2. The molecule has 1 aliphatic heterocycles. The predicted molar refractivity (Wildman–Crippen MR) is 59.8 cm³/mol. The molecule has 0 saturated carbocycles. The molecule has 1 unspecified atom stereocenters. The molecule has 1 heterocycles. The number of halogens is 1. The van der Waals surface area contributed by atoms with E-state index in [0.29, 0.717) is 5.69 Å². The molecule has 0 radical (unpaired) electrons. The minimum atomic E-state index is -0.0153. The second kappa shape index (κ2) is 3.88. The zero-order valence-corrected chi connectivity index (χ0v) is 8.73. The molecule has 76 valence electrons. The summed E-state index contributed by atoms with van der Waals surface area (Å²) in [7, 11) is 0. The predicted octanol–water partition coefficient (Wildman–Crippen LogP) is 2.14. The Bertz CT molecular complexity index is 365. The van der Waals surface area contributed by atoms with E-state index in [2.05, 4.69) is 5.32 Å². The Labute approximate surface area is 89.1 Å². The van der Waals surface area contributed by atoms with Crippen molar-refractivity contribution in [1.29, 1.82) is 0 Å². The van der Waals surface area contributed by atoms with Crippen LogP contribution in [0.5, 0.6) is 0 Å². The van der Waals surface area contributed by atoms with Crippen molar-refractivity contribution in [2.24, 2.45) is 0 Å². The number of carbonyl (C=O) groups excluding carboxylic acids is 1. The molecule has 4 heteroatoms. The van der Waals surface area contributed by atoms with Gasteiger partial charge in [-0.2, -0.15) is 0 Å². The molecule has 14 heavy (non-hydrogen) atoms. The molecule has 1 aliphatic rings. The summed E-state index contributed by atoms with van der Waals surface area (Å²) in [6, 6.07) is 5.54. The van der Waals surface area contributed by atoms with Gasteiger partial charge in [0, 0.05) is 11.4 Å². The summed E-state index contributed by atoms with van der Waals surface area (Å²) in [6.07, 6.45) is 0.822. The van der Waals surface area contributed by atoms with Crippen molar-refractivity contribution in [3.8, 4) is 0 Å². The summed E-state index contributed by atoms with van der Waals surface area (Å²) in [5.74, 6) is 0.0709. The molecular weight excluding hydrogens is 200 g/mol. The number of nitrogen functional groups attached to an aromatic ring is 1. The van der Waals surface area contributed by atoms with Gasteiger partial charge in [-0.3, -0.25) is 4.79 Å². The van der Waals surface area contributed by atoms with Crippen LogP contribution < -0.4 is 11.1 Å². The zero-order valence-electron chi connectivity index (χ0n) is 7.91. The number of nitrogens with two attached hydrogens (primary N) is 1. The van der Waals surface area contributed by atoms with Crippen LogP contribution in [0, 0.1) is 0 Å². The Balaban J connectivity index is 0.000000980. The Morgan fingerprint density at radius 1 is 1.50 bits per heavy atom. The fourth-order valence-corrected chi connectivity index (χ4v) is 1.75. The van der Waals surface area contributed by atoms with Crippen LogP contribution >= 0.6 is 12.4 Å². The maximum atomic E-state index is 11.4. The molecule has 0 spiro atoms. The third kappa shape index (κ3) is 1.55. The molecule has 1 aromatic carbocycles. The third-order valence-corrected chi connectivity index (χ3v) is 2.43. The summed E-state index contributed by atoms with van der Waals surface area (Å²) < 4.78 is 0. The Hall–Kier alpha value is -1.22. The van der Waals surface area contributed by atoms with Gasteiger partial charge in [0.2, 0.25) is 5.91 Å². The third-order valence-electron chi connectivity index (χ3n) is 2.43. The first-order chi connectivity index (χ1) is 6.22. The summed E-state index contributed by atoms with van der Waals surface area (Å²) in [5, 5.41) is 2.83. The number of anilines is 2. The topological polar surface area (TPSA) is 55.1 Å². The van der Waals surface area contributed by atoms with Crippen LogP contribution in [-0.4, -0.2) is 5.91 Å². The van der Waals surface area contributed by atoms with Gasteiger partial charge in [-0.05, 0) is 30.2 Å². The first-order valence-electron chi connectivity index (χ1n) is 4.42. The van der Waals surface area contributed by atoms with Crippen LogP contribution in [0.1, 0.15) is 24.8 Å². The van der Waals surface area contributed by atoms with Gasteiger partial charge in [0.05, 0.1) is 5.92 Å². The van der Waals surface area contributed by atoms with Gasteiger partial charge in [0.15, 0.2) is 0 Å². The van der Waals surface area contributed by atoms with Gasteiger partial charge < -0.3 is 11.1 Å². The second-order valence-electron chi connectivity index (χ2n) is 3.30. The van der Waals surface area contributed by atoms with Gasteiger partial charge in [-0.1, -0.05) is 6.92 Å². The van der Waals surface area contributed by atoms with Crippen molar-refractivity contribution in [2.45, 2.75) is 19.3 Å². The highest BCUT2D eigenvalue weighted by Crippen LogP contribution is 2.35. The van der Waals surface area contributed by atoms with E-state index in [1.165, 1.54) is 0 Å². The van der Waals surface area contributed by atoms with E-state index in [1.807, 2.05) is 19.1 Å². The highest BCUT2D eigenvalue weighted by molar-refractivity contribution is 6.03. The standard InChI is InChI=1S/C10H12N2O.ClH/c1-2-7-8-5-6(11)3-4-9(8)12-10(7)13;/h3-5,7H,2,11H2,1H3,(H,12,13);1H. The summed E-state index contributed by atoms with van der Waals surface area (Å²) in [4.78, 5) is 11.4. The quantitative estimate of drug-likeness (QED) is 0.701. The van der Waals surface area contributed by atoms with E-state index in [4.69, 9.17) is 5.73 Å². The number of fused-ring (bicyclic) bond motifs is 1. The Morgan fingerprint density at radius 2 is 2.21 bits per heavy atom. The number of benzene rings is 1. The lowest BCUT2D eigenvalue weighted by molar-refractivity contribution is -0.117. The maximum absolute atomic E-state index is 11.4. The van der Waals surface area contributed by atoms with Gasteiger partial charge in [-0.25, -0.2) is 0 Å². The van der Waals surface area contributed by atoms with E-state index in [9.17, 15) is 4.79 Å². The van der Waals surface area contributed by atoms with E-state index < -0.39 is 0 Å². The molecule has 3 nitrogen and oxygen atoms in total. The Morgan fingerprint density at radius 3 is 2.86 bits per heavy atom. The van der Waals surface area contributed by atoms with Crippen LogP contribution in [0.4, 0.5) is 11.4 Å². The van der Waals surface area contributed by atoms with E-state index >= 15 is 0 Å². The molecule has 2 rings (SSSR count). The van der Waals surface area contributed by atoms with Crippen LogP contribution in [0.3, 0.4) is 0 Å². The minimum Gasteiger partial charge on any atom is -0.399 e. The minimum absolute atomic E-state index is 0. The van der Waals surface area contributed by atoms with Crippen molar-refractivity contribution >= 4 is 29.7 Å². The highest BCUT2D eigenvalue weighted by atomic mass is 35.5. The van der Waals surface area contributed by atoms with Crippen LogP contribution in [0.15, 0.2) is 18.2 Å².